The van der Waals surface area contributed by atoms with E-state index in [1.54, 1.807) is 18.3 Å². The number of hydrogen-bond acceptors (Lipinski definition) is 3. The van der Waals surface area contributed by atoms with Crippen LogP contribution in [0.3, 0.4) is 0 Å². The van der Waals surface area contributed by atoms with Gasteiger partial charge in [-0.15, -0.1) is 0 Å². The van der Waals surface area contributed by atoms with Crippen molar-refractivity contribution in [2.75, 3.05) is 12.3 Å². The van der Waals surface area contributed by atoms with Crippen molar-refractivity contribution in [1.29, 1.82) is 0 Å². The molecule has 1 saturated heterocycles. The molecule has 0 saturated carbocycles. The van der Waals surface area contributed by atoms with E-state index in [1.807, 2.05) is 11.8 Å². The normalized spacial score (nSPS) is 19.7. The number of aromatic nitrogens is 1. The molecule has 1 fully saturated rings. The lowest BCUT2D eigenvalue weighted by molar-refractivity contribution is 0.0953. The predicted molar refractivity (Wildman–Crippen MR) is 69.8 cm³/mol. The highest BCUT2D eigenvalue weighted by Gasteiger charge is 2.16. The van der Waals surface area contributed by atoms with Crippen molar-refractivity contribution in [3.63, 3.8) is 0 Å². The second kappa shape index (κ2) is 5.68. The van der Waals surface area contributed by atoms with E-state index < -0.39 is 0 Å². The van der Waals surface area contributed by atoms with Crippen LogP contribution >= 0.6 is 27.7 Å². The molecular weight excluding hydrogens is 288 g/mol. The number of rotatable bonds is 3. The van der Waals surface area contributed by atoms with Gasteiger partial charge < -0.3 is 5.32 Å². The van der Waals surface area contributed by atoms with Crippen molar-refractivity contribution in [3.05, 3.63) is 28.5 Å². The number of amides is 1. The van der Waals surface area contributed by atoms with E-state index >= 15 is 0 Å². The average Bonchev–Trinajstić information content (AvgIpc) is 2.78. The summed E-state index contributed by atoms with van der Waals surface area (Å²) in [6, 6.07) is 3.46. The lowest BCUT2D eigenvalue weighted by Gasteiger charge is -2.10. The van der Waals surface area contributed by atoms with Crippen LogP contribution in [0.1, 0.15) is 23.2 Å². The lowest BCUT2D eigenvalue weighted by Crippen LogP contribution is -2.29. The fourth-order valence-electron chi connectivity index (χ4n) is 1.66. The highest BCUT2D eigenvalue weighted by atomic mass is 79.9. The predicted octanol–water partition coefficient (Wildman–Crippen LogP) is 2.47. The fraction of sp³-hybridized carbons (Fsp3) is 0.455. The Kier molecular flexibility index (Phi) is 4.23. The van der Waals surface area contributed by atoms with Crippen LogP contribution in [0.4, 0.5) is 0 Å². The molecule has 1 amide bonds. The van der Waals surface area contributed by atoms with Crippen molar-refractivity contribution in [3.8, 4) is 0 Å². The van der Waals surface area contributed by atoms with Crippen molar-refractivity contribution in [1.82, 2.24) is 10.3 Å². The van der Waals surface area contributed by atoms with Crippen LogP contribution in [0.15, 0.2) is 22.9 Å². The van der Waals surface area contributed by atoms with Crippen LogP contribution < -0.4 is 5.32 Å². The molecule has 2 rings (SSSR count). The summed E-state index contributed by atoms with van der Waals surface area (Å²) < 4.78 is 0.690. The summed E-state index contributed by atoms with van der Waals surface area (Å²) in [6.45, 7) is 0.767. The summed E-state index contributed by atoms with van der Waals surface area (Å²) in [7, 11) is 0. The number of nitrogens with one attached hydrogen (secondary N) is 1. The van der Waals surface area contributed by atoms with Gasteiger partial charge in [0, 0.05) is 23.6 Å². The molecule has 86 valence electrons. The summed E-state index contributed by atoms with van der Waals surface area (Å²) in [5, 5.41) is 3.55. The Balaban J connectivity index is 1.87. The molecular formula is C11H13BrN2OS. The van der Waals surface area contributed by atoms with Crippen molar-refractivity contribution in [2.45, 2.75) is 18.1 Å². The van der Waals surface area contributed by atoms with E-state index in [-0.39, 0.29) is 5.91 Å². The van der Waals surface area contributed by atoms with Crippen molar-refractivity contribution in [2.24, 2.45) is 0 Å². The smallest absolute Gasteiger partial charge is 0.251 e. The molecule has 2 heterocycles. The maximum atomic E-state index is 11.8. The number of thioether (sulfide) groups is 1. The van der Waals surface area contributed by atoms with Gasteiger partial charge >= 0.3 is 0 Å². The molecule has 0 aromatic carbocycles. The molecule has 0 aliphatic carbocycles. The number of pyridine rings is 1. The largest absolute Gasteiger partial charge is 0.351 e. The SMILES string of the molecule is O=C(NCC1CCCS1)c1ccnc(Br)c1. The first kappa shape index (κ1) is 11.9. The highest BCUT2D eigenvalue weighted by molar-refractivity contribution is 9.10. The van der Waals surface area contributed by atoms with Crippen LogP contribution in [0.25, 0.3) is 0 Å². The number of nitrogens with zero attached hydrogens (tertiary/aromatic N) is 1. The van der Waals surface area contributed by atoms with Crippen LogP contribution in [0, 0.1) is 0 Å². The minimum atomic E-state index is -0.0180. The van der Waals surface area contributed by atoms with Crippen molar-refractivity contribution < 1.29 is 4.79 Å². The van der Waals surface area contributed by atoms with Crippen molar-refractivity contribution >= 4 is 33.6 Å². The molecule has 0 spiro atoms. The maximum Gasteiger partial charge on any atom is 0.251 e. The molecule has 1 aromatic rings. The minimum Gasteiger partial charge on any atom is -0.351 e. The summed E-state index contributed by atoms with van der Waals surface area (Å²) in [6.07, 6.45) is 4.11. The van der Waals surface area contributed by atoms with Crippen LogP contribution in [-0.4, -0.2) is 28.4 Å². The highest BCUT2D eigenvalue weighted by Crippen LogP contribution is 2.25. The number of carbonyl (C=O) groups excluding carboxylic acids is 1. The molecule has 0 radical (unpaired) electrons. The zero-order valence-electron chi connectivity index (χ0n) is 8.78. The number of hydrogen-bond donors (Lipinski definition) is 1. The van der Waals surface area contributed by atoms with Gasteiger partial charge in [0.2, 0.25) is 0 Å². The van der Waals surface area contributed by atoms with Gasteiger partial charge in [-0.1, -0.05) is 0 Å². The zero-order chi connectivity index (χ0) is 11.4. The quantitative estimate of drug-likeness (QED) is 0.872. The second-order valence-electron chi connectivity index (χ2n) is 3.71. The first-order valence-corrected chi connectivity index (χ1v) is 7.11. The molecule has 1 aliphatic heterocycles. The Morgan fingerprint density at radius 1 is 1.69 bits per heavy atom. The van der Waals surface area contributed by atoms with Crippen LogP contribution in [0.5, 0.6) is 0 Å². The molecule has 5 heteroatoms. The molecule has 0 bridgehead atoms. The van der Waals surface area contributed by atoms with Gasteiger partial charge in [0.25, 0.3) is 5.91 Å². The third kappa shape index (κ3) is 3.22. The first-order chi connectivity index (χ1) is 7.75. The zero-order valence-corrected chi connectivity index (χ0v) is 11.2. The van der Waals surface area contributed by atoms with Gasteiger partial charge in [0.1, 0.15) is 4.60 Å². The van der Waals surface area contributed by atoms with Gasteiger partial charge in [-0.25, -0.2) is 4.98 Å². The summed E-state index contributed by atoms with van der Waals surface area (Å²) in [5.41, 5.74) is 0.657. The van der Waals surface area contributed by atoms with Gasteiger partial charge in [-0.3, -0.25) is 4.79 Å². The Bertz CT molecular complexity index is 380. The summed E-state index contributed by atoms with van der Waals surface area (Å²) in [4.78, 5) is 15.8. The van der Waals surface area contributed by atoms with E-state index in [2.05, 4.69) is 26.2 Å². The van der Waals surface area contributed by atoms with E-state index in [1.165, 1.54) is 18.6 Å². The van der Waals surface area contributed by atoms with E-state index in [0.717, 1.165) is 6.54 Å². The number of carbonyl (C=O) groups is 1. The monoisotopic (exact) mass is 300 g/mol. The van der Waals surface area contributed by atoms with Gasteiger partial charge in [-0.2, -0.15) is 11.8 Å². The standard InChI is InChI=1S/C11H13BrN2OS/c12-10-6-8(3-4-13-10)11(15)14-7-9-2-1-5-16-9/h3-4,6,9H,1-2,5,7H2,(H,14,15). The van der Waals surface area contributed by atoms with E-state index in [4.69, 9.17) is 0 Å². The van der Waals surface area contributed by atoms with E-state index in [9.17, 15) is 4.79 Å². The summed E-state index contributed by atoms with van der Waals surface area (Å²) in [5.74, 6) is 1.21. The lowest BCUT2D eigenvalue weighted by atomic mass is 10.2. The Morgan fingerprint density at radius 2 is 2.56 bits per heavy atom. The van der Waals surface area contributed by atoms with Gasteiger partial charge in [-0.05, 0) is 46.7 Å². The maximum absolute atomic E-state index is 11.8. The topological polar surface area (TPSA) is 42.0 Å². The minimum absolute atomic E-state index is 0.0180. The third-order valence-electron chi connectivity index (χ3n) is 2.50. The van der Waals surface area contributed by atoms with Crippen LogP contribution in [-0.2, 0) is 0 Å². The van der Waals surface area contributed by atoms with Gasteiger partial charge in [0.15, 0.2) is 0 Å². The fourth-order valence-corrected chi connectivity index (χ4v) is 3.22. The Morgan fingerprint density at radius 3 is 3.25 bits per heavy atom. The molecule has 1 N–H and O–H groups in total. The molecule has 16 heavy (non-hydrogen) atoms. The third-order valence-corrected chi connectivity index (χ3v) is 4.33. The number of halogens is 1. The van der Waals surface area contributed by atoms with Gasteiger partial charge in [0.05, 0.1) is 0 Å². The second-order valence-corrected chi connectivity index (χ2v) is 5.93. The molecule has 1 aliphatic rings. The first-order valence-electron chi connectivity index (χ1n) is 5.27. The summed E-state index contributed by atoms with van der Waals surface area (Å²) >= 11 is 5.20. The Labute approximate surface area is 108 Å². The molecule has 1 atom stereocenters. The van der Waals surface area contributed by atoms with E-state index in [0.29, 0.717) is 15.4 Å². The average molecular weight is 301 g/mol. The molecule has 3 nitrogen and oxygen atoms in total. The molecule has 1 unspecified atom stereocenters. The van der Waals surface area contributed by atoms with Crippen LogP contribution in [0.2, 0.25) is 0 Å². The molecule has 1 aromatic heterocycles. The Hall–Kier alpha value is -0.550.